The Morgan fingerprint density at radius 2 is 2.00 bits per heavy atom. The van der Waals surface area contributed by atoms with Crippen LogP contribution in [0.1, 0.15) is 12.8 Å². The third kappa shape index (κ3) is 2.32. The van der Waals surface area contributed by atoms with E-state index < -0.39 is 24.0 Å². The minimum Gasteiger partial charge on any atom is -0.394 e. The van der Waals surface area contributed by atoms with Crippen molar-refractivity contribution in [3.8, 4) is 0 Å². The molecule has 0 aliphatic carbocycles. The Hall–Kier alpha value is -2.13. The minimum atomic E-state index is -1.00. The molecule has 2 aromatic rings. The van der Waals surface area contributed by atoms with E-state index in [9.17, 15) is 14.7 Å². The van der Waals surface area contributed by atoms with Crippen molar-refractivity contribution in [2.45, 2.75) is 25.5 Å². The number of aryl methyl sites for hydroxylation is 1. The number of nitrogens with one attached hydrogen (secondary N) is 1. The predicted octanol–water partition coefficient (Wildman–Crippen LogP) is -1.62. The van der Waals surface area contributed by atoms with Gasteiger partial charge in [0.1, 0.15) is 0 Å². The van der Waals surface area contributed by atoms with Gasteiger partial charge in [-0.1, -0.05) is 0 Å². The van der Waals surface area contributed by atoms with Crippen LogP contribution in [-0.4, -0.2) is 55.1 Å². The lowest BCUT2D eigenvalue weighted by molar-refractivity contribution is 0.0823. The van der Waals surface area contributed by atoms with E-state index in [0.717, 1.165) is 25.9 Å². The number of aromatic amines is 1. The lowest BCUT2D eigenvalue weighted by atomic mass is 10.3. The molecule has 3 rings (SSSR count). The zero-order chi connectivity index (χ0) is 15.9. The SMILES string of the molecule is Cn1c(=O)[nH]c(=O)c2c1nc(N1CCCC1)n2C[C@H](O)CO. The second kappa shape index (κ2) is 5.58. The molecule has 0 saturated carbocycles. The first-order valence-electron chi connectivity index (χ1n) is 7.26. The second-order valence-corrected chi connectivity index (χ2v) is 5.54. The van der Waals surface area contributed by atoms with Crippen LogP contribution in [0.3, 0.4) is 0 Å². The van der Waals surface area contributed by atoms with E-state index in [1.54, 1.807) is 4.57 Å². The number of hydrogen-bond donors (Lipinski definition) is 3. The number of anilines is 1. The number of fused-ring (bicyclic) bond motifs is 1. The van der Waals surface area contributed by atoms with E-state index in [-0.39, 0.29) is 17.7 Å². The van der Waals surface area contributed by atoms with Crippen molar-refractivity contribution >= 4 is 17.1 Å². The standard InChI is InChI=1S/C13H19N5O4/c1-16-10-9(11(21)15-13(16)22)18(6-8(20)7-19)12(14-10)17-4-2-3-5-17/h8,19-20H,2-7H2,1H3,(H,15,21,22)/t8-/m0/s1. The smallest absolute Gasteiger partial charge is 0.329 e. The molecule has 1 aliphatic rings. The summed E-state index contributed by atoms with van der Waals surface area (Å²) in [5.74, 6) is 0.548. The monoisotopic (exact) mass is 309 g/mol. The van der Waals surface area contributed by atoms with Gasteiger partial charge in [-0.15, -0.1) is 0 Å². The van der Waals surface area contributed by atoms with Gasteiger partial charge < -0.3 is 19.7 Å². The topological polar surface area (TPSA) is 116 Å². The third-order valence-corrected chi connectivity index (χ3v) is 3.98. The van der Waals surface area contributed by atoms with Crippen molar-refractivity contribution in [1.29, 1.82) is 0 Å². The van der Waals surface area contributed by atoms with E-state index in [4.69, 9.17) is 5.11 Å². The van der Waals surface area contributed by atoms with Gasteiger partial charge >= 0.3 is 5.69 Å². The molecule has 0 radical (unpaired) electrons. The molecule has 0 unspecified atom stereocenters. The number of aliphatic hydroxyl groups excluding tert-OH is 2. The van der Waals surface area contributed by atoms with E-state index in [2.05, 4.69) is 9.97 Å². The van der Waals surface area contributed by atoms with Gasteiger partial charge in [0.25, 0.3) is 5.56 Å². The highest BCUT2D eigenvalue weighted by Gasteiger charge is 2.24. The average molecular weight is 309 g/mol. The molecule has 22 heavy (non-hydrogen) atoms. The van der Waals surface area contributed by atoms with Gasteiger partial charge in [-0.2, -0.15) is 4.98 Å². The summed E-state index contributed by atoms with van der Waals surface area (Å²) in [5, 5.41) is 18.9. The van der Waals surface area contributed by atoms with Crippen LogP contribution in [0.2, 0.25) is 0 Å². The number of H-pyrrole nitrogens is 1. The Balaban J connectivity index is 2.26. The first kappa shape index (κ1) is 14.8. The quantitative estimate of drug-likeness (QED) is 0.625. The Kier molecular flexibility index (Phi) is 3.75. The van der Waals surface area contributed by atoms with Crippen LogP contribution < -0.4 is 16.1 Å². The van der Waals surface area contributed by atoms with E-state index >= 15 is 0 Å². The zero-order valence-corrected chi connectivity index (χ0v) is 12.3. The fraction of sp³-hybridized carbons (Fsp3) is 0.615. The molecule has 1 aliphatic heterocycles. The van der Waals surface area contributed by atoms with E-state index in [1.165, 1.54) is 11.6 Å². The number of aromatic nitrogens is 4. The molecule has 3 N–H and O–H groups in total. The molecule has 1 saturated heterocycles. The molecule has 120 valence electrons. The summed E-state index contributed by atoms with van der Waals surface area (Å²) in [7, 11) is 1.54. The molecule has 0 aromatic carbocycles. The maximum atomic E-state index is 12.2. The maximum Gasteiger partial charge on any atom is 0.329 e. The van der Waals surface area contributed by atoms with Gasteiger partial charge in [-0.05, 0) is 12.8 Å². The van der Waals surface area contributed by atoms with Crippen LogP contribution in [0, 0.1) is 0 Å². The summed E-state index contributed by atoms with van der Waals surface area (Å²) in [6.07, 6.45) is 1.05. The first-order valence-corrected chi connectivity index (χ1v) is 7.26. The highest BCUT2D eigenvalue weighted by Crippen LogP contribution is 2.23. The summed E-state index contributed by atoms with van der Waals surface area (Å²) in [6, 6.07) is 0. The second-order valence-electron chi connectivity index (χ2n) is 5.54. The van der Waals surface area contributed by atoms with Crippen LogP contribution in [0.25, 0.3) is 11.2 Å². The summed E-state index contributed by atoms with van der Waals surface area (Å²) >= 11 is 0. The average Bonchev–Trinajstić information content (AvgIpc) is 3.12. The summed E-state index contributed by atoms with van der Waals surface area (Å²) in [6.45, 7) is 1.25. The zero-order valence-electron chi connectivity index (χ0n) is 12.3. The highest BCUT2D eigenvalue weighted by atomic mass is 16.3. The van der Waals surface area contributed by atoms with Gasteiger partial charge in [-0.3, -0.25) is 14.3 Å². The number of imidazole rings is 1. The molecule has 1 atom stereocenters. The number of hydrogen-bond acceptors (Lipinski definition) is 6. The first-order chi connectivity index (χ1) is 10.5. The van der Waals surface area contributed by atoms with Crippen LogP contribution in [0.4, 0.5) is 5.95 Å². The summed E-state index contributed by atoms with van der Waals surface area (Å²) < 4.78 is 2.86. The van der Waals surface area contributed by atoms with E-state index in [0.29, 0.717) is 5.95 Å². The van der Waals surface area contributed by atoms with Crippen LogP contribution in [0.15, 0.2) is 9.59 Å². The van der Waals surface area contributed by atoms with E-state index in [1.807, 2.05) is 4.90 Å². The van der Waals surface area contributed by atoms with Crippen molar-refractivity contribution in [3.05, 3.63) is 20.8 Å². The van der Waals surface area contributed by atoms with Gasteiger partial charge in [-0.25, -0.2) is 4.79 Å². The van der Waals surface area contributed by atoms with Crippen LogP contribution >= 0.6 is 0 Å². The van der Waals surface area contributed by atoms with Gasteiger partial charge in [0.15, 0.2) is 11.2 Å². The molecule has 2 aromatic heterocycles. The normalized spacial score (nSPS) is 16.6. The Morgan fingerprint density at radius 3 is 2.64 bits per heavy atom. The molecule has 0 spiro atoms. The Morgan fingerprint density at radius 1 is 1.32 bits per heavy atom. The molecule has 9 heteroatoms. The maximum absolute atomic E-state index is 12.2. The number of aliphatic hydroxyl groups is 2. The Bertz CT molecular complexity index is 799. The van der Waals surface area contributed by atoms with Crippen LogP contribution in [-0.2, 0) is 13.6 Å². The molecular weight excluding hydrogens is 290 g/mol. The molecule has 9 nitrogen and oxygen atoms in total. The van der Waals surface area contributed by atoms with Crippen LogP contribution in [0.5, 0.6) is 0 Å². The van der Waals surface area contributed by atoms with Gasteiger partial charge in [0.2, 0.25) is 5.95 Å². The molecule has 0 amide bonds. The molecule has 3 heterocycles. The van der Waals surface area contributed by atoms with Crippen molar-refractivity contribution in [2.24, 2.45) is 7.05 Å². The van der Waals surface area contributed by atoms with Gasteiger partial charge in [0, 0.05) is 20.1 Å². The summed E-state index contributed by atoms with van der Waals surface area (Å²) in [4.78, 5) is 32.6. The largest absolute Gasteiger partial charge is 0.394 e. The number of nitrogens with zero attached hydrogens (tertiary/aromatic N) is 4. The molecule has 0 bridgehead atoms. The molecule has 1 fully saturated rings. The Labute approximate surface area is 125 Å². The lowest BCUT2D eigenvalue weighted by Crippen LogP contribution is -2.31. The van der Waals surface area contributed by atoms with Gasteiger partial charge in [0.05, 0.1) is 19.3 Å². The summed E-state index contributed by atoms with van der Waals surface area (Å²) in [5.41, 5.74) is -0.559. The molecular formula is C13H19N5O4. The fourth-order valence-corrected chi connectivity index (χ4v) is 2.82. The van der Waals surface area contributed by atoms with Crippen molar-refractivity contribution in [2.75, 3.05) is 24.6 Å². The van der Waals surface area contributed by atoms with Crippen molar-refractivity contribution in [3.63, 3.8) is 0 Å². The predicted molar refractivity (Wildman–Crippen MR) is 80.1 cm³/mol. The minimum absolute atomic E-state index is 0.0418. The fourth-order valence-electron chi connectivity index (χ4n) is 2.82. The van der Waals surface area contributed by atoms with Crippen molar-refractivity contribution < 1.29 is 10.2 Å². The highest BCUT2D eigenvalue weighted by molar-refractivity contribution is 5.74. The number of rotatable bonds is 4. The lowest BCUT2D eigenvalue weighted by Gasteiger charge is -2.19. The third-order valence-electron chi connectivity index (χ3n) is 3.98. The van der Waals surface area contributed by atoms with Crippen molar-refractivity contribution in [1.82, 2.24) is 19.1 Å².